The fourth-order valence-electron chi connectivity index (χ4n) is 2.07. The average molecular weight is 298 g/mol. The number of nitrogens with one attached hydrogen (secondary N) is 2. The van der Waals surface area contributed by atoms with Gasteiger partial charge in [-0.15, -0.1) is 0 Å². The molecule has 114 valence electrons. The molecule has 0 unspecified atom stereocenters. The quantitative estimate of drug-likeness (QED) is 0.725. The molecule has 0 radical (unpaired) electrons. The van der Waals surface area contributed by atoms with Gasteiger partial charge in [-0.25, -0.2) is 13.1 Å². The van der Waals surface area contributed by atoms with Gasteiger partial charge in [0, 0.05) is 13.1 Å². The van der Waals surface area contributed by atoms with E-state index in [-0.39, 0.29) is 0 Å². The van der Waals surface area contributed by atoms with Gasteiger partial charge in [0.15, 0.2) is 0 Å². The predicted octanol–water partition coefficient (Wildman–Crippen LogP) is 2.49. The van der Waals surface area contributed by atoms with Crippen molar-refractivity contribution in [2.45, 2.75) is 52.0 Å². The van der Waals surface area contributed by atoms with Crippen molar-refractivity contribution in [1.29, 1.82) is 0 Å². The molecular weight excluding hydrogens is 272 g/mol. The first-order valence-corrected chi connectivity index (χ1v) is 8.71. The molecule has 0 aromatic heterocycles. The summed E-state index contributed by atoms with van der Waals surface area (Å²) in [5, 5.41) is 3.32. The first-order valence-electron chi connectivity index (χ1n) is 7.22. The molecule has 0 aliphatic rings. The van der Waals surface area contributed by atoms with Crippen LogP contribution in [0.1, 0.15) is 43.4 Å². The third-order valence-electron chi connectivity index (χ3n) is 3.21. The fourth-order valence-corrected chi connectivity index (χ4v) is 3.48. The number of aryl methyl sites for hydroxylation is 2. The Morgan fingerprint density at radius 2 is 1.65 bits per heavy atom. The van der Waals surface area contributed by atoms with E-state index in [1.54, 1.807) is 6.07 Å². The van der Waals surface area contributed by atoms with Crippen LogP contribution in [0.5, 0.6) is 0 Å². The van der Waals surface area contributed by atoms with Crippen LogP contribution in [-0.2, 0) is 16.6 Å². The van der Waals surface area contributed by atoms with Crippen LogP contribution in [0.15, 0.2) is 17.0 Å². The van der Waals surface area contributed by atoms with Crippen molar-refractivity contribution < 1.29 is 8.42 Å². The van der Waals surface area contributed by atoms with Gasteiger partial charge in [0.05, 0.1) is 4.90 Å². The van der Waals surface area contributed by atoms with Gasteiger partial charge in [-0.1, -0.05) is 19.9 Å². The molecule has 1 rings (SSSR count). The van der Waals surface area contributed by atoms with E-state index in [9.17, 15) is 8.42 Å². The molecule has 0 saturated heterocycles. The van der Waals surface area contributed by atoms with Gasteiger partial charge in [0.25, 0.3) is 0 Å². The second kappa shape index (κ2) is 7.76. The Labute approximate surface area is 123 Å². The molecule has 0 atom stereocenters. The Balaban J connectivity index is 3.04. The van der Waals surface area contributed by atoms with Crippen LogP contribution < -0.4 is 10.0 Å². The summed E-state index contributed by atoms with van der Waals surface area (Å²) in [6.07, 6.45) is 1.85. The smallest absolute Gasteiger partial charge is 0.240 e. The molecule has 0 aliphatic heterocycles. The molecule has 0 aliphatic carbocycles. The minimum atomic E-state index is -3.40. The summed E-state index contributed by atoms with van der Waals surface area (Å²) in [5.41, 5.74) is 2.96. The molecule has 0 heterocycles. The van der Waals surface area contributed by atoms with Gasteiger partial charge >= 0.3 is 0 Å². The average Bonchev–Trinajstić information content (AvgIpc) is 2.39. The van der Waals surface area contributed by atoms with Gasteiger partial charge in [-0.2, -0.15) is 0 Å². The maximum absolute atomic E-state index is 12.3. The molecule has 0 saturated carbocycles. The second-order valence-corrected chi connectivity index (χ2v) is 6.85. The zero-order valence-electron chi connectivity index (χ0n) is 12.9. The summed E-state index contributed by atoms with van der Waals surface area (Å²) in [7, 11) is -3.40. The third kappa shape index (κ3) is 4.58. The highest BCUT2D eigenvalue weighted by atomic mass is 32.2. The van der Waals surface area contributed by atoms with Gasteiger partial charge < -0.3 is 5.32 Å². The molecule has 2 N–H and O–H groups in total. The van der Waals surface area contributed by atoms with Crippen molar-refractivity contribution in [3.63, 3.8) is 0 Å². The highest BCUT2D eigenvalue weighted by molar-refractivity contribution is 7.89. The standard InChI is InChI=1S/C15H26N2O2S/c1-5-7-16-11-14-10-15(13(4)9-12(14)3)20(18,19)17-8-6-2/h9-10,16-17H,5-8,11H2,1-4H3. The Hall–Kier alpha value is -0.910. The number of rotatable bonds is 8. The van der Waals surface area contributed by atoms with Gasteiger partial charge in [0.1, 0.15) is 0 Å². The van der Waals surface area contributed by atoms with Gasteiger partial charge in [0.2, 0.25) is 10.0 Å². The first kappa shape index (κ1) is 17.1. The van der Waals surface area contributed by atoms with E-state index in [0.29, 0.717) is 18.0 Å². The van der Waals surface area contributed by atoms with Crippen molar-refractivity contribution in [3.05, 3.63) is 28.8 Å². The van der Waals surface area contributed by atoms with Crippen molar-refractivity contribution in [1.82, 2.24) is 10.0 Å². The molecule has 4 nitrogen and oxygen atoms in total. The highest BCUT2D eigenvalue weighted by Gasteiger charge is 2.17. The predicted molar refractivity (Wildman–Crippen MR) is 83.4 cm³/mol. The maximum atomic E-state index is 12.3. The lowest BCUT2D eigenvalue weighted by atomic mass is 10.1. The van der Waals surface area contributed by atoms with E-state index in [0.717, 1.165) is 36.1 Å². The zero-order valence-corrected chi connectivity index (χ0v) is 13.7. The van der Waals surface area contributed by atoms with Crippen LogP contribution in [0.4, 0.5) is 0 Å². The Kier molecular flexibility index (Phi) is 6.65. The molecule has 0 fully saturated rings. The lowest BCUT2D eigenvalue weighted by Crippen LogP contribution is -2.25. The molecule has 5 heteroatoms. The van der Waals surface area contributed by atoms with Crippen molar-refractivity contribution >= 4 is 10.0 Å². The molecule has 1 aromatic carbocycles. The highest BCUT2D eigenvalue weighted by Crippen LogP contribution is 2.20. The van der Waals surface area contributed by atoms with Gasteiger partial charge in [-0.05, 0) is 56.0 Å². The number of benzene rings is 1. The second-order valence-electron chi connectivity index (χ2n) is 5.12. The maximum Gasteiger partial charge on any atom is 0.240 e. The number of hydrogen-bond acceptors (Lipinski definition) is 3. The summed E-state index contributed by atoms with van der Waals surface area (Å²) in [4.78, 5) is 0.393. The molecular formula is C15H26N2O2S. The summed E-state index contributed by atoms with van der Waals surface area (Å²) in [5.74, 6) is 0. The first-order chi connectivity index (χ1) is 9.42. The molecule has 1 aromatic rings. The molecule has 20 heavy (non-hydrogen) atoms. The Bertz CT molecular complexity index is 539. The normalized spacial score (nSPS) is 11.8. The summed E-state index contributed by atoms with van der Waals surface area (Å²) in [6.45, 7) is 10.0. The molecule has 0 amide bonds. The van der Waals surface area contributed by atoms with E-state index in [4.69, 9.17) is 0 Å². The Morgan fingerprint density at radius 1 is 1.00 bits per heavy atom. The van der Waals surface area contributed by atoms with Crippen LogP contribution in [0.2, 0.25) is 0 Å². The lowest BCUT2D eigenvalue weighted by Gasteiger charge is -2.14. The number of sulfonamides is 1. The molecule has 0 spiro atoms. The van der Waals surface area contributed by atoms with E-state index >= 15 is 0 Å². The van der Waals surface area contributed by atoms with E-state index < -0.39 is 10.0 Å². The van der Waals surface area contributed by atoms with Crippen molar-refractivity contribution in [2.75, 3.05) is 13.1 Å². The zero-order chi connectivity index (χ0) is 15.2. The fraction of sp³-hybridized carbons (Fsp3) is 0.600. The van der Waals surface area contributed by atoms with Crippen LogP contribution in [0.25, 0.3) is 0 Å². The summed E-state index contributed by atoms with van der Waals surface area (Å²) < 4.78 is 27.2. The van der Waals surface area contributed by atoms with Gasteiger partial charge in [-0.3, -0.25) is 0 Å². The topological polar surface area (TPSA) is 58.2 Å². The largest absolute Gasteiger partial charge is 0.313 e. The van der Waals surface area contributed by atoms with E-state index in [2.05, 4.69) is 17.0 Å². The minimum Gasteiger partial charge on any atom is -0.313 e. The van der Waals surface area contributed by atoms with Crippen LogP contribution in [0.3, 0.4) is 0 Å². The van der Waals surface area contributed by atoms with Crippen LogP contribution in [0, 0.1) is 13.8 Å². The SMILES string of the molecule is CCCNCc1cc(S(=O)(=O)NCCC)c(C)cc1C. The lowest BCUT2D eigenvalue weighted by molar-refractivity contribution is 0.579. The number of hydrogen-bond donors (Lipinski definition) is 2. The Morgan fingerprint density at radius 3 is 2.25 bits per heavy atom. The van der Waals surface area contributed by atoms with Crippen molar-refractivity contribution in [3.8, 4) is 0 Å². The summed E-state index contributed by atoms with van der Waals surface area (Å²) in [6, 6.07) is 3.74. The van der Waals surface area contributed by atoms with E-state index in [1.807, 2.05) is 26.8 Å². The van der Waals surface area contributed by atoms with Crippen LogP contribution in [-0.4, -0.2) is 21.5 Å². The third-order valence-corrected chi connectivity index (χ3v) is 4.81. The monoisotopic (exact) mass is 298 g/mol. The van der Waals surface area contributed by atoms with E-state index in [1.165, 1.54) is 0 Å². The van der Waals surface area contributed by atoms with Crippen molar-refractivity contribution in [2.24, 2.45) is 0 Å². The van der Waals surface area contributed by atoms with Crippen LogP contribution >= 0.6 is 0 Å². The minimum absolute atomic E-state index is 0.393. The molecule has 0 bridgehead atoms. The summed E-state index contributed by atoms with van der Waals surface area (Å²) >= 11 is 0.